The number of hydrogen-bond donors (Lipinski definition) is 3. The van der Waals surface area contributed by atoms with Crippen LogP contribution in [-0.4, -0.2) is 37.0 Å². The predicted molar refractivity (Wildman–Crippen MR) is 68.5 cm³/mol. The normalized spacial score (nSPS) is 12.9. The number of aliphatic hydroxyl groups is 1. The molecule has 20 heavy (non-hydrogen) atoms. The van der Waals surface area contributed by atoms with Gasteiger partial charge in [0, 0.05) is 18.7 Å². The van der Waals surface area contributed by atoms with Crippen LogP contribution in [0.15, 0.2) is 23.1 Å². The minimum Gasteiger partial charge on any atom is -0.382 e. The number of amides is 1. The lowest BCUT2D eigenvalue weighted by atomic mass is 10.3. The summed E-state index contributed by atoms with van der Waals surface area (Å²) in [5, 5.41) is 19.5. The fourth-order valence-electron chi connectivity index (χ4n) is 1.18. The number of nitrogens with two attached hydrogens (primary N) is 1. The Morgan fingerprint density at radius 3 is 2.65 bits per heavy atom. The van der Waals surface area contributed by atoms with Gasteiger partial charge in [-0.15, -0.1) is 0 Å². The number of nitro groups is 1. The van der Waals surface area contributed by atoms with E-state index >= 15 is 0 Å². The molecule has 1 rings (SSSR count). The van der Waals surface area contributed by atoms with Gasteiger partial charge >= 0.3 is 0 Å². The van der Waals surface area contributed by atoms with E-state index in [0.717, 1.165) is 18.2 Å². The Kier molecular flexibility index (Phi) is 5.00. The number of carbonyl (C=O) groups excluding carboxylic acids is 1. The molecule has 0 saturated carbocycles. The van der Waals surface area contributed by atoms with E-state index in [1.165, 1.54) is 0 Å². The van der Waals surface area contributed by atoms with Crippen LogP contribution < -0.4 is 10.5 Å². The molecule has 11 heteroatoms. The Bertz CT molecular complexity index is 647. The van der Waals surface area contributed by atoms with Crippen molar-refractivity contribution in [2.75, 3.05) is 6.54 Å². The first-order chi connectivity index (χ1) is 9.15. The van der Waals surface area contributed by atoms with Crippen LogP contribution in [0.2, 0.25) is 5.02 Å². The van der Waals surface area contributed by atoms with Crippen LogP contribution in [0.3, 0.4) is 0 Å². The number of aliphatic hydroxyl groups excluding tert-OH is 1. The second-order valence-corrected chi connectivity index (χ2v) is 5.78. The Morgan fingerprint density at radius 2 is 2.15 bits per heavy atom. The van der Waals surface area contributed by atoms with Crippen molar-refractivity contribution < 1.29 is 23.2 Å². The standard InChI is InChI=1S/C9H10ClN3O6S/c10-6-2-1-5(13(16)17)3-8(6)20(18,19)12-4-7(14)9(11)15/h1-3,7,12,14H,4H2,(H2,11,15). The fraction of sp³-hybridized carbons (Fsp3) is 0.222. The fourth-order valence-corrected chi connectivity index (χ4v) is 2.73. The minimum atomic E-state index is -4.23. The van der Waals surface area contributed by atoms with Crippen molar-refractivity contribution in [3.63, 3.8) is 0 Å². The van der Waals surface area contributed by atoms with Gasteiger partial charge in [-0.3, -0.25) is 14.9 Å². The van der Waals surface area contributed by atoms with Crippen molar-refractivity contribution in [3.05, 3.63) is 33.3 Å². The minimum absolute atomic E-state index is 0.239. The van der Waals surface area contributed by atoms with Crippen LogP contribution in [0.25, 0.3) is 0 Å². The average molecular weight is 324 g/mol. The highest BCUT2D eigenvalue weighted by Gasteiger charge is 2.23. The van der Waals surface area contributed by atoms with Crippen molar-refractivity contribution in [1.29, 1.82) is 0 Å². The molecule has 9 nitrogen and oxygen atoms in total. The molecule has 4 N–H and O–H groups in total. The third kappa shape index (κ3) is 3.87. The maximum Gasteiger partial charge on any atom is 0.270 e. The first-order valence-corrected chi connectivity index (χ1v) is 6.92. The maximum absolute atomic E-state index is 11.9. The summed E-state index contributed by atoms with van der Waals surface area (Å²) >= 11 is 5.67. The number of carbonyl (C=O) groups is 1. The smallest absolute Gasteiger partial charge is 0.270 e. The zero-order valence-electron chi connectivity index (χ0n) is 9.82. The summed E-state index contributed by atoms with van der Waals surface area (Å²) in [5.74, 6) is -1.11. The van der Waals surface area contributed by atoms with Gasteiger partial charge < -0.3 is 10.8 Å². The van der Waals surface area contributed by atoms with Gasteiger partial charge in [-0.1, -0.05) is 11.6 Å². The highest BCUT2D eigenvalue weighted by atomic mass is 35.5. The molecule has 0 saturated heterocycles. The van der Waals surface area contributed by atoms with Crippen molar-refractivity contribution in [1.82, 2.24) is 4.72 Å². The monoisotopic (exact) mass is 323 g/mol. The quantitative estimate of drug-likeness (QED) is 0.468. The van der Waals surface area contributed by atoms with E-state index in [4.69, 9.17) is 22.4 Å². The lowest BCUT2D eigenvalue weighted by Gasteiger charge is -2.10. The summed E-state index contributed by atoms with van der Waals surface area (Å²) in [4.78, 5) is 19.9. The molecule has 1 amide bonds. The molecule has 0 heterocycles. The molecule has 0 spiro atoms. The van der Waals surface area contributed by atoms with Gasteiger partial charge in [0.05, 0.1) is 9.95 Å². The Hall–Kier alpha value is -1.75. The van der Waals surface area contributed by atoms with E-state index in [2.05, 4.69) is 0 Å². The molecule has 0 aliphatic rings. The van der Waals surface area contributed by atoms with Crippen LogP contribution in [0.1, 0.15) is 0 Å². The van der Waals surface area contributed by atoms with Crippen molar-refractivity contribution in [3.8, 4) is 0 Å². The van der Waals surface area contributed by atoms with Gasteiger partial charge in [0.25, 0.3) is 5.69 Å². The van der Waals surface area contributed by atoms with E-state index < -0.39 is 44.1 Å². The van der Waals surface area contributed by atoms with Gasteiger partial charge in [-0.25, -0.2) is 13.1 Å². The highest BCUT2D eigenvalue weighted by Crippen LogP contribution is 2.25. The van der Waals surface area contributed by atoms with Crippen molar-refractivity contribution >= 4 is 33.2 Å². The first kappa shape index (κ1) is 16.3. The number of hydrogen-bond acceptors (Lipinski definition) is 6. The number of primary amides is 1. The molecule has 0 aliphatic heterocycles. The molecule has 110 valence electrons. The Morgan fingerprint density at radius 1 is 1.55 bits per heavy atom. The summed E-state index contributed by atoms with van der Waals surface area (Å²) in [5.41, 5.74) is 4.29. The van der Waals surface area contributed by atoms with Crippen molar-refractivity contribution in [2.24, 2.45) is 5.73 Å². The summed E-state index contributed by atoms with van der Waals surface area (Å²) in [6.07, 6.45) is -1.72. The SMILES string of the molecule is NC(=O)C(O)CNS(=O)(=O)c1cc([N+](=O)[O-])ccc1Cl. The van der Waals surface area contributed by atoms with Gasteiger partial charge in [0.15, 0.2) is 0 Å². The number of non-ortho nitro benzene ring substituents is 1. The lowest BCUT2D eigenvalue weighted by Crippen LogP contribution is -2.40. The summed E-state index contributed by atoms with van der Waals surface area (Å²) < 4.78 is 25.6. The third-order valence-electron chi connectivity index (χ3n) is 2.21. The van der Waals surface area contributed by atoms with Crippen LogP contribution in [0.4, 0.5) is 5.69 Å². The number of rotatable bonds is 6. The average Bonchev–Trinajstić information content (AvgIpc) is 2.35. The Labute approximate surface area is 118 Å². The molecular formula is C9H10ClN3O6S. The van der Waals surface area contributed by atoms with Gasteiger partial charge in [-0.2, -0.15) is 0 Å². The summed E-state index contributed by atoms with van der Waals surface area (Å²) in [7, 11) is -4.23. The Balaban J connectivity index is 3.06. The summed E-state index contributed by atoms with van der Waals surface area (Å²) in [6.45, 7) is -0.670. The molecule has 0 fully saturated rings. The van der Waals surface area contributed by atoms with Crippen LogP contribution in [0, 0.1) is 10.1 Å². The molecule has 0 radical (unpaired) electrons. The molecule has 1 unspecified atom stereocenters. The van der Waals surface area contributed by atoms with Crippen molar-refractivity contribution in [2.45, 2.75) is 11.0 Å². The number of nitrogens with one attached hydrogen (secondary N) is 1. The molecular weight excluding hydrogens is 314 g/mol. The predicted octanol–water partition coefficient (Wildman–Crippen LogP) is -0.627. The second-order valence-electron chi connectivity index (χ2n) is 3.64. The van der Waals surface area contributed by atoms with Crippen LogP contribution >= 0.6 is 11.6 Å². The maximum atomic E-state index is 11.9. The number of nitro benzene ring substituents is 1. The lowest BCUT2D eigenvalue weighted by molar-refractivity contribution is -0.385. The van der Waals surface area contributed by atoms with E-state index in [9.17, 15) is 23.3 Å². The highest BCUT2D eigenvalue weighted by molar-refractivity contribution is 7.89. The second kappa shape index (κ2) is 6.13. The van der Waals surface area contributed by atoms with E-state index in [0.29, 0.717) is 0 Å². The van der Waals surface area contributed by atoms with Crippen LogP contribution in [-0.2, 0) is 14.8 Å². The zero-order valence-corrected chi connectivity index (χ0v) is 11.4. The molecule has 0 aliphatic carbocycles. The molecule has 1 aromatic carbocycles. The number of benzene rings is 1. The molecule has 1 aromatic rings. The van der Waals surface area contributed by atoms with Gasteiger partial charge in [0.1, 0.15) is 11.0 Å². The number of halogens is 1. The van der Waals surface area contributed by atoms with E-state index in [-0.39, 0.29) is 5.02 Å². The number of sulfonamides is 1. The molecule has 1 atom stereocenters. The summed E-state index contributed by atoms with van der Waals surface area (Å²) in [6, 6.07) is 2.86. The van der Waals surface area contributed by atoms with Gasteiger partial charge in [-0.05, 0) is 6.07 Å². The van der Waals surface area contributed by atoms with E-state index in [1.54, 1.807) is 0 Å². The molecule has 0 bridgehead atoms. The third-order valence-corrected chi connectivity index (χ3v) is 4.12. The molecule has 0 aromatic heterocycles. The van der Waals surface area contributed by atoms with Gasteiger partial charge in [0.2, 0.25) is 15.9 Å². The first-order valence-electron chi connectivity index (χ1n) is 5.06. The van der Waals surface area contributed by atoms with E-state index in [1.807, 2.05) is 4.72 Å². The number of nitrogens with zero attached hydrogens (tertiary/aromatic N) is 1. The zero-order chi connectivity index (χ0) is 15.5. The topological polar surface area (TPSA) is 153 Å². The van der Waals surface area contributed by atoms with Crippen LogP contribution in [0.5, 0.6) is 0 Å². The largest absolute Gasteiger partial charge is 0.382 e.